The highest BCUT2D eigenvalue weighted by Gasteiger charge is 2.06. The monoisotopic (exact) mass is 442 g/mol. The van der Waals surface area contributed by atoms with Gasteiger partial charge in [-0.2, -0.15) is 0 Å². The van der Waals surface area contributed by atoms with Crippen molar-refractivity contribution in [2.45, 2.75) is 33.1 Å². The second-order valence-corrected chi connectivity index (χ2v) is 8.22. The van der Waals surface area contributed by atoms with Crippen molar-refractivity contribution in [1.82, 2.24) is 0 Å². The largest absolute Gasteiger partial charge is 0.205 e. The molecule has 0 N–H and O–H groups in total. The molecule has 4 rings (SSSR count). The van der Waals surface area contributed by atoms with Crippen molar-refractivity contribution in [2.75, 3.05) is 0 Å². The first-order chi connectivity index (χ1) is 16.7. The molecule has 0 aliphatic heterocycles. The van der Waals surface area contributed by atoms with E-state index < -0.39 is 0 Å². The van der Waals surface area contributed by atoms with Crippen molar-refractivity contribution in [3.05, 3.63) is 130 Å². The van der Waals surface area contributed by atoms with Gasteiger partial charge in [0.2, 0.25) is 0 Å². The van der Waals surface area contributed by atoms with Crippen LogP contribution in [0.4, 0.5) is 4.39 Å². The molecule has 0 saturated carbocycles. The molecule has 0 atom stereocenters. The third-order valence-corrected chi connectivity index (χ3v) is 5.79. The van der Waals surface area contributed by atoms with Crippen molar-refractivity contribution in [1.29, 1.82) is 0 Å². The SMILES string of the molecule is C/C=C/CCc1ccc(C#Cc2ccc(C#Cc3ccc4cc(CC)ccc4c3F)cc2)cc1. The summed E-state index contributed by atoms with van der Waals surface area (Å²) in [4.78, 5) is 0. The lowest BCUT2D eigenvalue weighted by atomic mass is 10.0. The Bertz CT molecular complexity index is 1430. The number of hydrogen-bond donors (Lipinski definition) is 0. The third-order valence-electron chi connectivity index (χ3n) is 5.79. The minimum absolute atomic E-state index is 0.261. The van der Waals surface area contributed by atoms with Crippen molar-refractivity contribution in [2.24, 2.45) is 0 Å². The molecule has 1 heteroatoms. The Morgan fingerprint density at radius 3 is 1.91 bits per heavy atom. The number of aryl methyl sites for hydroxylation is 2. The molecule has 4 aromatic rings. The number of hydrogen-bond acceptors (Lipinski definition) is 0. The van der Waals surface area contributed by atoms with Crippen molar-refractivity contribution in [3.63, 3.8) is 0 Å². The zero-order valence-corrected chi connectivity index (χ0v) is 19.7. The molecule has 0 fully saturated rings. The van der Waals surface area contributed by atoms with Gasteiger partial charge in [0.1, 0.15) is 5.82 Å². The molecule has 0 aliphatic carbocycles. The maximum Gasteiger partial charge on any atom is 0.146 e. The first kappa shape index (κ1) is 23.1. The molecule has 0 amide bonds. The minimum Gasteiger partial charge on any atom is -0.205 e. The lowest BCUT2D eigenvalue weighted by Crippen LogP contribution is -1.88. The number of fused-ring (bicyclic) bond motifs is 1. The Balaban J connectivity index is 1.45. The lowest BCUT2D eigenvalue weighted by molar-refractivity contribution is 0.636. The molecule has 0 aliphatic rings. The Morgan fingerprint density at radius 2 is 1.29 bits per heavy atom. The normalized spacial score (nSPS) is 10.6. The van der Waals surface area contributed by atoms with E-state index >= 15 is 0 Å². The van der Waals surface area contributed by atoms with Gasteiger partial charge in [0.15, 0.2) is 0 Å². The van der Waals surface area contributed by atoms with E-state index in [1.54, 1.807) is 6.07 Å². The van der Waals surface area contributed by atoms with Crippen LogP contribution >= 0.6 is 0 Å². The highest BCUT2D eigenvalue weighted by molar-refractivity contribution is 5.85. The molecule has 34 heavy (non-hydrogen) atoms. The van der Waals surface area contributed by atoms with Crippen LogP contribution in [0.15, 0.2) is 91.0 Å². The van der Waals surface area contributed by atoms with Crippen LogP contribution in [0.2, 0.25) is 0 Å². The predicted molar refractivity (Wildman–Crippen MR) is 141 cm³/mol. The highest BCUT2D eigenvalue weighted by atomic mass is 19.1. The molecule has 4 aromatic carbocycles. The van der Waals surface area contributed by atoms with Crippen molar-refractivity contribution < 1.29 is 4.39 Å². The van der Waals surface area contributed by atoms with Gasteiger partial charge >= 0.3 is 0 Å². The summed E-state index contributed by atoms with van der Waals surface area (Å²) in [6, 6.07) is 25.7. The third kappa shape index (κ3) is 5.83. The maximum atomic E-state index is 14.9. The average Bonchev–Trinajstić information content (AvgIpc) is 2.88. The van der Waals surface area contributed by atoms with E-state index in [1.807, 2.05) is 55.5 Å². The van der Waals surface area contributed by atoms with Gasteiger partial charge in [-0.3, -0.25) is 0 Å². The number of rotatable bonds is 4. The van der Waals surface area contributed by atoms with Gasteiger partial charge in [0.25, 0.3) is 0 Å². The van der Waals surface area contributed by atoms with Gasteiger partial charge in [-0.15, -0.1) is 0 Å². The fourth-order valence-corrected chi connectivity index (χ4v) is 3.75. The topological polar surface area (TPSA) is 0 Å². The summed E-state index contributed by atoms with van der Waals surface area (Å²) in [5.41, 5.74) is 5.68. The second-order valence-electron chi connectivity index (χ2n) is 8.22. The Kier molecular flexibility index (Phi) is 7.60. The Labute approximate surface area is 202 Å². The van der Waals surface area contributed by atoms with E-state index in [1.165, 1.54) is 11.1 Å². The predicted octanol–water partition coefficient (Wildman–Crippen LogP) is 7.85. The quantitative estimate of drug-likeness (QED) is 0.223. The molecular formula is C33H27F. The number of benzene rings is 4. The van der Waals surface area contributed by atoms with Crippen LogP contribution in [0.5, 0.6) is 0 Å². The standard InChI is InChI=1S/C33H27F/c1-3-5-6-7-26-8-10-27(11-9-26)12-13-28-14-16-29(17-15-28)18-20-30-21-22-31-24-25(4-2)19-23-32(31)33(30)34/h3,5,8-11,14-17,19,21-24H,4,6-7H2,1-2H3/b5-3+. The van der Waals surface area contributed by atoms with Crippen LogP contribution in [0.25, 0.3) is 10.8 Å². The summed E-state index contributed by atoms with van der Waals surface area (Å²) in [5.74, 6) is 12.2. The summed E-state index contributed by atoms with van der Waals surface area (Å²) in [6.07, 6.45) is 7.30. The van der Waals surface area contributed by atoms with Crippen LogP contribution < -0.4 is 0 Å². The van der Waals surface area contributed by atoms with Gasteiger partial charge < -0.3 is 0 Å². The molecule has 0 saturated heterocycles. The van der Waals surface area contributed by atoms with E-state index in [4.69, 9.17) is 0 Å². The van der Waals surface area contributed by atoms with Gasteiger partial charge in [0.05, 0.1) is 5.56 Å². The zero-order chi connectivity index (χ0) is 23.8. The smallest absolute Gasteiger partial charge is 0.146 e. The summed E-state index contributed by atoms with van der Waals surface area (Å²) < 4.78 is 14.9. The van der Waals surface area contributed by atoms with Crippen LogP contribution in [0, 0.1) is 29.5 Å². The molecule has 0 heterocycles. The average molecular weight is 443 g/mol. The molecule has 0 bridgehead atoms. The molecule has 0 spiro atoms. The first-order valence-corrected chi connectivity index (χ1v) is 11.7. The van der Waals surface area contributed by atoms with Crippen LogP contribution in [0.1, 0.15) is 53.6 Å². The van der Waals surface area contributed by atoms with Crippen molar-refractivity contribution >= 4 is 10.8 Å². The Hall–Kier alpha value is -4.07. The lowest BCUT2D eigenvalue weighted by Gasteiger charge is -2.04. The number of halogens is 1. The Morgan fingerprint density at radius 1 is 0.706 bits per heavy atom. The zero-order valence-electron chi connectivity index (χ0n) is 19.7. The summed E-state index contributed by atoms with van der Waals surface area (Å²) >= 11 is 0. The van der Waals surface area contributed by atoms with Gasteiger partial charge in [-0.05, 0) is 85.2 Å². The van der Waals surface area contributed by atoms with E-state index in [9.17, 15) is 4.39 Å². The molecule has 0 radical (unpaired) electrons. The van der Waals surface area contributed by atoms with Crippen LogP contribution in [-0.4, -0.2) is 0 Å². The molecular weight excluding hydrogens is 415 g/mol. The van der Waals surface area contributed by atoms with E-state index in [-0.39, 0.29) is 5.82 Å². The molecule has 0 aromatic heterocycles. The van der Waals surface area contributed by atoms with Crippen LogP contribution in [0.3, 0.4) is 0 Å². The van der Waals surface area contributed by atoms with E-state index in [0.29, 0.717) is 10.9 Å². The molecule has 166 valence electrons. The summed E-state index contributed by atoms with van der Waals surface area (Å²) in [6.45, 7) is 4.14. The maximum absolute atomic E-state index is 14.9. The molecule has 0 unspecified atom stereocenters. The highest BCUT2D eigenvalue weighted by Crippen LogP contribution is 2.22. The number of allylic oxidation sites excluding steroid dienone is 2. The fourth-order valence-electron chi connectivity index (χ4n) is 3.75. The van der Waals surface area contributed by atoms with E-state index in [2.05, 4.69) is 67.0 Å². The summed E-state index contributed by atoms with van der Waals surface area (Å²) in [7, 11) is 0. The fraction of sp³-hybridized carbons (Fsp3) is 0.152. The van der Waals surface area contributed by atoms with Crippen LogP contribution in [-0.2, 0) is 12.8 Å². The van der Waals surface area contributed by atoms with Gasteiger partial charge in [0, 0.05) is 22.1 Å². The second kappa shape index (κ2) is 11.2. The van der Waals surface area contributed by atoms with E-state index in [0.717, 1.165) is 41.3 Å². The summed E-state index contributed by atoms with van der Waals surface area (Å²) in [5, 5.41) is 1.52. The first-order valence-electron chi connectivity index (χ1n) is 11.7. The minimum atomic E-state index is -0.261. The molecule has 0 nitrogen and oxygen atoms in total. The van der Waals surface area contributed by atoms with Crippen molar-refractivity contribution in [3.8, 4) is 23.7 Å². The van der Waals surface area contributed by atoms with Gasteiger partial charge in [-0.1, -0.05) is 79.2 Å². The van der Waals surface area contributed by atoms with Gasteiger partial charge in [-0.25, -0.2) is 4.39 Å².